The molecule has 0 aromatic heterocycles. The summed E-state index contributed by atoms with van der Waals surface area (Å²) in [5.41, 5.74) is 0.708. The van der Waals surface area contributed by atoms with Crippen LogP contribution in [0.4, 0.5) is 18.9 Å². The van der Waals surface area contributed by atoms with Gasteiger partial charge in [-0.05, 0) is 55.2 Å². The maximum absolute atomic E-state index is 13.8. The molecule has 0 atom stereocenters. The van der Waals surface area contributed by atoms with Crippen LogP contribution in [0, 0.1) is 17.5 Å². The average molecular weight is 459 g/mol. The predicted octanol–water partition coefficient (Wildman–Crippen LogP) is 3.89. The van der Waals surface area contributed by atoms with E-state index in [1.165, 1.54) is 11.0 Å². The molecule has 1 aliphatic carbocycles. The Balaban J connectivity index is 1.59. The number of nitrogens with zero attached hydrogens (tertiary/aromatic N) is 1. The van der Waals surface area contributed by atoms with Crippen molar-refractivity contribution >= 4 is 29.5 Å². The van der Waals surface area contributed by atoms with Crippen molar-refractivity contribution in [2.24, 2.45) is 0 Å². The zero-order valence-corrected chi connectivity index (χ0v) is 18.0. The Bertz CT molecular complexity index is 1070. The van der Waals surface area contributed by atoms with Gasteiger partial charge in [0.05, 0.1) is 5.69 Å². The van der Waals surface area contributed by atoms with Crippen LogP contribution < -0.4 is 10.6 Å². The van der Waals surface area contributed by atoms with Gasteiger partial charge in [0.25, 0.3) is 5.91 Å². The maximum Gasteiger partial charge on any atom is 0.251 e. The molecule has 0 unspecified atom stereocenters. The molecule has 33 heavy (non-hydrogen) atoms. The Morgan fingerprint density at radius 3 is 2.36 bits per heavy atom. The average Bonchev–Trinajstić information content (AvgIpc) is 3.62. The molecule has 9 heteroatoms. The van der Waals surface area contributed by atoms with E-state index in [2.05, 4.69) is 10.6 Å². The van der Waals surface area contributed by atoms with Crippen molar-refractivity contribution in [1.29, 1.82) is 0 Å². The fraction of sp³-hybridized carbons (Fsp3) is 0.292. The first-order valence-corrected chi connectivity index (χ1v) is 10.6. The summed E-state index contributed by atoms with van der Waals surface area (Å²) < 4.78 is 40.2. The largest absolute Gasteiger partial charge is 0.349 e. The van der Waals surface area contributed by atoms with Crippen LogP contribution in [-0.4, -0.2) is 41.8 Å². The Labute approximate surface area is 189 Å². The third-order valence-electron chi connectivity index (χ3n) is 4.95. The van der Waals surface area contributed by atoms with Gasteiger partial charge in [-0.15, -0.1) is 0 Å². The second-order valence-corrected chi connectivity index (χ2v) is 7.73. The number of halogens is 3. The van der Waals surface area contributed by atoms with Gasteiger partial charge in [0, 0.05) is 24.2 Å². The summed E-state index contributed by atoms with van der Waals surface area (Å²) in [6.07, 6.45) is 5.41. The topological polar surface area (TPSA) is 78.5 Å². The number of benzene rings is 2. The molecule has 2 aromatic carbocycles. The van der Waals surface area contributed by atoms with Crippen LogP contribution in [-0.2, 0) is 9.59 Å². The standard InChI is InChI=1S/C24H24F3N3O3/c1-2-13-30(14-20(31)29-19-11-10-18(25)22(26)23(19)27)21(32)12-5-15-3-6-16(7-4-15)24(33)28-17-8-9-17/h3-7,10-12,17H,2,8-9,13-14H2,1H3,(H,28,33)(H,29,31)/b12-5+. The van der Waals surface area contributed by atoms with E-state index < -0.39 is 41.5 Å². The van der Waals surface area contributed by atoms with Crippen LogP contribution in [0.15, 0.2) is 42.5 Å². The van der Waals surface area contributed by atoms with Gasteiger partial charge in [-0.3, -0.25) is 14.4 Å². The minimum Gasteiger partial charge on any atom is -0.349 e. The maximum atomic E-state index is 13.8. The van der Waals surface area contributed by atoms with E-state index in [1.807, 2.05) is 6.92 Å². The minimum absolute atomic E-state index is 0.137. The number of carbonyl (C=O) groups is 3. The van der Waals surface area contributed by atoms with Crippen LogP contribution >= 0.6 is 0 Å². The lowest BCUT2D eigenvalue weighted by Crippen LogP contribution is -2.37. The van der Waals surface area contributed by atoms with E-state index in [-0.39, 0.29) is 18.5 Å². The van der Waals surface area contributed by atoms with E-state index in [1.54, 1.807) is 30.3 Å². The third-order valence-corrected chi connectivity index (χ3v) is 4.95. The summed E-state index contributed by atoms with van der Waals surface area (Å²) in [4.78, 5) is 38.1. The Morgan fingerprint density at radius 1 is 1.03 bits per heavy atom. The molecule has 1 saturated carbocycles. The normalized spacial score (nSPS) is 13.1. The van der Waals surface area contributed by atoms with Crippen molar-refractivity contribution in [2.75, 3.05) is 18.4 Å². The summed E-state index contributed by atoms with van der Waals surface area (Å²) >= 11 is 0. The van der Waals surface area contributed by atoms with Crippen LogP contribution in [0.1, 0.15) is 42.1 Å². The highest BCUT2D eigenvalue weighted by molar-refractivity contribution is 5.98. The van der Waals surface area contributed by atoms with Crippen LogP contribution in [0.5, 0.6) is 0 Å². The first-order chi connectivity index (χ1) is 15.8. The molecule has 3 amide bonds. The number of amides is 3. The number of carbonyl (C=O) groups excluding carboxylic acids is 3. The second-order valence-electron chi connectivity index (χ2n) is 7.73. The molecule has 1 fully saturated rings. The molecule has 6 nitrogen and oxygen atoms in total. The fourth-order valence-electron chi connectivity index (χ4n) is 3.04. The zero-order valence-electron chi connectivity index (χ0n) is 18.0. The summed E-state index contributed by atoms with van der Waals surface area (Å²) in [5.74, 6) is -5.90. The smallest absolute Gasteiger partial charge is 0.251 e. The highest BCUT2D eigenvalue weighted by Crippen LogP contribution is 2.20. The first kappa shape index (κ1) is 24.0. The molecular formula is C24H24F3N3O3. The Kier molecular flexibility index (Phi) is 7.87. The number of rotatable bonds is 9. The number of anilines is 1. The molecule has 1 aliphatic rings. The molecule has 0 spiro atoms. The van der Waals surface area contributed by atoms with E-state index in [4.69, 9.17) is 0 Å². The zero-order chi connectivity index (χ0) is 24.0. The summed E-state index contributed by atoms with van der Waals surface area (Å²) in [5, 5.41) is 5.05. The molecule has 2 N–H and O–H groups in total. The van der Waals surface area contributed by atoms with Crippen LogP contribution in [0.25, 0.3) is 6.08 Å². The van der Waals surface area contributed by atoms with Crippen molar-refractivity contribution in [2.45, 2.75) is 32.2 Å². The summed E-state index contributed by atoms with van der Waals surface area (Å²) in [6, 6.07) is 8.60. The Morgan fingerprint density at radius 2 is 1.73 bits per heavy atom. The molecule has 0 saturated heterocycles. The van der Waals surface area contributed by atoms with Gasteiger partial charge in [0.1, 0.15) is 6.54 Å². The number of hydrogen-bond donors (Lipinski definition) is 2. The number of hydrogen-bond acceptors (Lipinski definition) is 3. The molecule has 0 radical (unpaired) electrons. The van der Waals surface area contributed by atoms with Crippen molar-refractivity contribution in [1.82, 2.24) is 10.2 Å². The highest BCUT2D eigenvalue weighted by atomic mass is 19.2. The molecule has 0 heterocycles. The van der Waals surface area contributed by atoms with Gasteiger partial charge in [-0.1, -0.05) is 19.1 Å². The lowest BCUT2D eigenvalue weighted by atomic mass is 10.1. The highest BCUT2D eigenvalue weighted by Gasteiger charge is 2.23. The van der Waals surface area contributed by atoms with Gasteiger partial charge < -0.3 is 15.5 Å². The molecule has 0 bridgehead atoms. The van der Waals surface area contributed by atoms with E-state index in [9.17, 15) is 27.6 Å². The lowest BCUT2D eigenvalue weighted by Gasteiger charge is -2.20. The summed E-state index contributed by atoms with van der Waals surface area (Å²) in [7, 11) is 0. The summed E-state index contributed by atoms with van der Waals surface area (Å²) in [6.45, 7) is 1.69. The fourth-order valence-corrected chi connectivity index (χ4v) is 3.04. The minimum atomic E-state index is -1.69. The van der Waals surface area contributed by atoms with E-state index in [0.29, 0.717) is 23.6 Å². The van der Waals surface area contributed by atoms with Gasteiger partial charge in [0.15, 0.2) is 17.5 Å². The van der Waals surface area contributed by atoms with Crippen molar-refractivity contribution in [3.63, 3.8) is 0 Å². The monoisotopic (exact) mass is 459 g/mol. The van der Waals surface area contributed by atoms with E-state index >= 15 is 0 Å². The molecule has 3 rings (SSSR count). The third kappa shape index (κ3) is 6.68. The van der Waals surface area contributed by atoms with Crippen molar-refractivity contribution in [3.8, 4) is 0 Å². The van der Waals surface area contributed by atoms with Gasteiger partial charge in [0.2, 0.25) is 11.8 Å². The molecular weight excluding hydrogens is 435 g/mol. The Hall–Kier alpha value is -3.62. The quantitative estimate of drug-likeness (QED) is 0.441. The molecule has 2 aromatic rings. The van der Waals surface area contributed by atoms with Crippen LogP contribution in [0.2, 0.25) is 0 Å². The molecule has 0 aliphatic heterocycles. The van der Waals surface area contributed by atoms with E-state index in [0.717, 1.165) is 18.9 Å². The van der Waals surface area contributed by atoms with Gasteiger partial charge >= 0.3 is 0 Å². The SMILES string of the molecule is CCCN(CC(=O)Nc1ccc(F)c(F)c1F)C(=O)/C=C/c1ccc(C(=O)NC2CC2)cc1. The van der Waals surface area contributed by atoms with Crippen molar-refractivity contribution < 1.29 is 27.6 Å². The van der Waals surface area contributed by atoms with Crippen LogP contribution in [0.3, 0.4) is 0 Å². The predicted molar refractivity (Wildman–Crippen MR) is 118 cm³/mol. The van der Waals surface area contributed by atoms with Gasteiger partial charge in [-0.25, -0.2) is 13.2 Å². The number of nitrogens with one attached hydrogen (secondary N) is 2. The second kappa shape index (κ2) is 10.8. The first-order valence-electron chi connectivity index (χ1n) is 10.6. The molecule has 174 valence electrons. The van der Waals surface area contributed by atoms with Crippen molar-refractivity contribution in [3.05, 3.63) is 71.1 Å². The van der Waals surface area contributed by atoms with Gasteiger partial charge in [-0.2, -0.15) is 0 Å². The lowest BCUT2D eigenvalue weighted by molar-refractivity contribution is -0.130.